The van der Waals surface area contributed by atoms with E-state index >= 15 is 0 Å². The number of nitro groups is 1. The molecule has 0 spiro atoms. The molecule has 1 aliphatic rings. The molecular formula is C17H19BrN4O3. The van der Waals surface area contributed by atoms with Crippen LogP contribution in [0.4, 0.5) is 11.5 Å². The monoisotopic (exact) mass is 406 g/mol. The zero-order valence-electron chi connectivity index (χ0n) is 13.9. The van der Waals surface area contributed by atoms with Gasteiger partial charge in [-0.3, -0.25) is 10.1 Å². The Kier molecular flexibility index (Phi) is 5.47. The van der Waals surface area contributed by atoms with Crippen molar-refractivity contribution in [3.63, 3.8) is 0 Å². The van der Waals surface area contributed by atoms with E-state index in [1.165, 1.54) is 6.33 Å². The van der Waals surface area contributed by atoms with Crippen molar-refractivity contribution in [2.45, 2.75) is 38.6 Å². The SMILES string of the molecule is CCC1CCCCN1c1ncnc(Oc2ccc(Br)cc2)c1[N+](=O)[O-]. The molecule has 1 aromatic carbocycles. The number of hydrogen-bond donors (Lipinski definition) is 0. The fourth-order valence-corrected chi connectivity index (χ4v) is 3.38. The minimum atomic E-state index is -0.454. The van der Waals surface area contributed by atoms with Crippen LogP contribution >= 0.6 is 15.9 Å². The molecule has 7 nitrogen and oxygen atoms in total. The van der Waals surface area contributed by atoms with Gasteiger partial charge >= 0.3 is 11.6 Å². The Morgan fingerprint density at radius 3 is 2.76 bits per heavy atom. The molecule has 0 aliphatic carbocycles. The van der Waals surface area contributed by atoms with Gasteiger partial charge in [0.05, 0.1) is 4.92 Å². The van der Waals surface area contributed by atoms with Crippen molar-refractivity contribution in [3.8, 4) is 11.6 Å². The summed E-state index contributed by atoms with van der Waals surface area (Å²) in [4.78, 5) is 21.5. The molecule has 25 heavy (non-hydrogen) atoms. The van der Waals surface area contributed by atoms with E-state index in [4.69, 9.17) is 4.74 Å². The van der Waals surface area contributed by atoms with Crippen LogP contribution in [-0.4, -0.2) is 27.5 Å². The smallest absolute Gasteiger partial charge is 0.373 e. The summed E-state index contributed by atoms with van der Waals surface area (Å²) in [6, 6.07) is 7.32. The maximum absolute atomic E-state index is 11.7. The summed E-state index contributed by atoms with van der Waals surface area (Å²) in [5, 5.41) is 11.7. The summed E-state index contributed by atoms with van der Waals surface area (Å²) >= 11 is 3.35. The average Bonchev–Trinajstić information content (AvgIpc) is 2.63. The van der Waals surface area contributed by atoms with Gasteiger partial charge < -0.3 is 9.64 Å². The number of halogens is 1. The molecule has 1 aromatic heterocycles. The van der Waals surface area contributed by atoms with Gasteiger partial charge in [-0.1, -0.05) is 22.9 Å². The lowest BCUT2D eigenvalue weighted by Crippen LogP contribution is -2.40. The molecular weight excluding hydrogens is 388 g/mol. The third-order valence-electron chi connectivity index (χ3n) is 4.35. The quantitative estimate of drug-likeness (QED) is 0.528. The highest BCUT2D eigenvalue weighted by atomic mass is 79.9. The van der Waals surface area contributed by atoms with Crippen molar-refractivity contribution >= 4 is 27.4 Å². The van der Waals surface area contributed by atoms with E-state index < -0.39 is 4.92 Å². The number of piperidine rings is 1. The molecule has 1 atom stereocenters. The number of benzene rings is 1. The summed E-state index contributed by atoms with van der Waals surface area (Å²) in [5.41, 5.74) is -0.175. The lowest BCUT2D eigenvalue weighted by Gasteiger charge is -2.35. The number of ether oxygens (including phenoxy) is 1. The second kappa shape index (κ2) is 7.77. The number of hydrogen-bond acceptors (Lipinski definition) is 6. The van der Waals surface area contributed by atoms with E-state index in [9.17, 15) is 10.1 Å². The lowest BCUT2D eigenvalue weighted by molar-refractivity contribution is -0.385. The molecule has 132 valence electrons. The molecule has 1 saturated heterocycles. The van der Waals surface area contributed by atoms with E-state index in [1.54, 1.807) is 24.3 Å². The maximum Gasteiger partial charge on any atom is 0.373 e. The summed E-state index contributed by atoms with van der Waals surface area (Å²) in [5.74, 6) is 0.804. The highest BCUT2D eigenvalue weighted by Crippen LogP contribution is 2.38. The Bertz CT molecular complexity index is 754. The molecule has 2 aromatic rings. The molecule has 0 amide bonds. The van der Waals surface area contributed by atoms with Crippen LogP contribution in [0.1, 0.15) is 32.6 Å². The summed E-state index contributed by atoms with van der Waals surface area (Å²) in [7, 11) is 0. The molecule has 1 fully saturated rings. The van der Waals surface area contributed by atoms with Gasteiger partial charge in [0.15, 0.2) is 0 Å². The second-order valence-corrected chi connectivity index (χ2v) is 6.83. The Labute approximate surface area is 154 Å². The van der Waals surface area contributed by atoms with Crippen molar-refractivity contribution < 1.29 is 9.66 Å². The van der Waals surface area contributed by atoms with Crippen LogP contribution in [0, 0.1) is 10.1 Å². The Balaban J connectivity index is 1.99. The largest absolute Gasteiger partial charge is 0.434 e. The number of anilines is 1. The van der Waals surface area contributed by atoms with E-state index in [-0.39, 0.29) is 17.6 Å². The fraction of sp³-hybridized carbons (Fsp3) is 0.412. The zero-order valence-corrected chi connectivity index (χ0v) is 15.5. The first kappa shape index (κ1) is 17.6. The number of aromatic nitrogens is 2. The Morgan fingerprint density at radius 2 is 2.08 bits per heavy atom. The molecule has 0 radical (unpaired) electrons. The first-order valence-electron chi connectivity index (χ1n) is 8.29. The fourth-order valence-electron chi connectivity index (χ4n) is 3.12. The van der Waals surface area contributed by atoms with Crippen LogP contribution in [-0.2, 0) is 0 Å². The zero-order chi connectivity index (χ0) is 17.8. The molecule has 8 heteroatoms. The van der Waals surface area contributed by atoms with Gasteiger partial charge in [0.25, 0.3) is 0 Å². The topological polar surface area (TPSA) is 81.4 Å². The van der Waals surface area contributed by atoms with Gasteiger partial charge in [0.1, 0.15) is 12.1 Å². The Morgan fingerprint density at radius 1 is 1.32 bits per heavy atom. The molecule has 3 rings (SSSR count). The standard InChI is InChI=1S/C17H19BrN4O3/c1-2-13-5-3-4-10-21(13)16-15(22(23)24)17(20-11-19-16)25-14-8-6-12(18)7-9-14/h6-9,11,13H,2-5,10H2,1H3. The van der Waals surface area contributed by atoms with Crippen molar-refractivity contribution in [2.24, 2.45) is 0 Å². The van der Waals surface area contributed by atoms with E-state index in [1.807, 2.05) is 4.90 Å². The molecule has 1 aliphatic heterocycles. The molecule has 0 saturated carbocycles. The normalized spacial score (nSPS) is 17.4. The van der Waals surface area contributed by atoms with Gasteiger partial charge in [0.2, 0.25) is 5.82 Å². The third kappa shape index (κ3) is 3.89. The van der Waals surface area contributed by atoms with E-state index in [2.05, 4.69) is 32.8 Å². The van der Waals surface area contributed by atoms with E-state index in [0.29, 0.717) is 11.6 Å². The van der Waals surface area contributed by atoms with Crippen molar-refractivity contribution in [1.29, 1.82) is 0 Å². The summed E-state index contributed by atoms with van der Waals surface area (Å²) in [6.07, 6.45) is 5.40. The van der Waals surface area contributed by atoms with Crippen LogP contribution in [0.2, 0.25) is 0 Å². The van der Waals surface area contributed by atoms with E-state index in [0.717, 1.165) is 36.7 Å². The van der Waals surface area contributed by atoms with Crippen LogP contribution in [0.5, 0.6) is 11.6 Å². The average molecular weight is 407 g/mol. The minimum absolute atomic E-state index is 0.0299. The summed E-state index contributed by atoms with van der Waals surface area (Å²) in [6.45, 7) is 2.85. The minimum Gasteiger partial charge on any atom is -0.434 e. The highest BCUT2D eigenvalue weighted by Gasteiger charge is 2.32. The molecule has 1 unspecified atom stereocenters. The number of nitrogens with zero attached hydrogens (tertiary/aromatic N) is 4. The predicted molar refractivity (Wildman–Crippen MR) is 98.2 cm³/mol. The first-order valence-corrected chi connectivity index (χ1v) is 9.09. The maximum atomic E-state index is 11.7. The van der Waals surface area contributed by atoms with Gasteiger partial charge in [0, 0.05) is 17.1 Å². The van der Waals surface area contributed by atoms with Gasteiger partial charge in [-0.2, -0.15) is 4.98 Å². The first-order chi connectivity index (χ1) is 12.1. The second-order valence-electron chi connectivity index (χ2n) is 5.92. The predicted octanol–water partition coefficient (Wildman–Crippen LogP) is 4.71. The lowest BCUT2D eigenvalue weighted by atomic mass is 10.00. The third-order valence-corrected chi connectivity index (χ3v) is 4.88. The molecule has 0 bridgehead atoms. The van der Waals surface area contributed by atoms with Crippen LogP contribution in [0.15, 0.2) is 35.1 Å². The van der Waals surface area contributed by atoms with Crippen LogP contribution < -0.4 is 9.64 Å². The van der Waals surface area contributed by atoms with Crippen LogP contribution in [0.25, 0.3) is 0 Å². The van der Waals surface area contributed by atoms with Gasteiger partial charge in [-0.25, -0.2) is 4.98 Å². The van der Waals surface area contributed by atoms with Crippen molar-refractivity contribution in [3.05, 3.63) is 45.2 Å². The molecule has 0 N–H and O–H groups in total. The highest BCUT2D eigenvalue weighted by molar-refractivity contribution is 9.10. The van der Waals surface area contributed by atoms with Gasteiger partial charge in [-0.15, -0.1) is 0 Å². The number of rotatable bonds is 5. The molecule has 2 heterocycles. The van der Waals surface area contributed by atoms with Gasteiger partial charge in [-0.05, 0) is 49.9 Å². The van der Waals surface area contributed by atoms with Crippen LogP contribution in [0.3, 0.4) is 0 Å². The summed E-state index contributed by atoms with van der Waals surface area (Å²) < 4.78 is 6.59. The van der Waals surface area contributed by atoms with Crippen molar-refractivity contribution in [2.75, 3.05) is 11.4 Å². The Hall–Kier alpha value is -2.22. The van der Waals surface area contributed by atoms with Crippen molar-refractivity contribution in [1.82, 2.24) is 9.97 Å².